The third-order valence-corrected chi connectivity index (χ3v) is 2.84. The SMILES string of the molecule is CC(C)N1CCC(CC(=O)O)CC1.Cl. The molecule has 1 aliphatic heterocycles. The summed E-state index contributed by atoms with van der Waals surface area (Å²) in [4.78, 5) is 12.9. The van der Waals surface area contributed by atoms with E-state index in [1.807, 2.05) is 0 Å². The van der Waals surface area contributed by atoms with E-state index in [2.05, 4.69) is 18.7 Å². The maximum absolute atomic E-state index is 10.5. The number of piperidine rings is 1. The Kier molecular flexibility index (Phi) is 6.12. The summed E-state index contributed by atoms with van der Waals surface area (Å²) in [6, 6.07) is 0.603. The number of carbonyl (C=O) groups is 1. The summed E-state index contributed by atoms with van der Waals surface area (Å²) in [5, 5.41) is 8.63. The van der Waals surface area contributed by atoms with Gasteiger partial charge in [0.05, 0.1) is 0 Å². The molecule has 1 saturated heterocycles. The lowest BCUT2D eigenvalue weighted by Gasteiger charge is -2.34. The van der Waals surface area contributed by atoms with Gasteiger partial charge in [0, 0.05) is 12.5 Å². The predicted molar refractivity (Wildman–Crippen MR) is 58.9 cm³/mol. The Labute approximate surface area is 91.9 Å². The molecule has 0 radical (unpaired) electrons. The number of aliphatic carboxylic acids is 1. The van der Waals surface area contributed by atoms with Crippen LogP contribution >= 0.6 is 12.4 Å². The number of rotatable bonds is 3. The molecule has 0 amide bonds. The van der Waals surface area contributed by atoms with Crippen LogP contribution in [-0.2, 0) is 4.79 Å². The van der Waals surface area contributed by atoms with Crippen molar-refractivity contribution >= 4 is 18.4 Å². The molecule has 1 rings (SSSR count). The van der Waals surface area contributed by atoms with Gasteiger partial charge < -0.3 is 10.0 Å². The van der Waals surface area contributed by atoms with Crippen LogP contribution in [0.1, 0.15) is 33.1 Å². The fourth-order valence-corrected chi connectivity index (χ4v) is 1.92. The third kappa shape index (κ3) is 4.29. The first kappa shape index (κ1) is 13.7. The molecule has 0 saturated carbocycles. The first-order valence-corrected chi connectivity index (χ1v) is 5.05. The molecule has 0 bridgehead atoms. The Morgan fingerprint density at radius 2 is 1.93 bits per heavy atom. The van der Waals surface area contributed by atoms with Crippen LogP contribution < -0.4 is 0 Å². The lowest BCUT2D eigenvalue weighted by atomic mass is 9.93. The highest BCUT2D eigenvalue weighted by Gasteiger charge is 2.22. The minimum absolute atomic E-state index is 0. The van der Waals surface area contributed by atoms with Gasteiger partial charge in [-0.3, -0.25) is 4.79 Å². The largest absolute Gasteiger partial charge is 0.481 e. The highest BCUT2D eigenvalue weighted by molar-refractivity contribution is 5.85. The second kappa shape index (κ2) is 6.25. The van der Waals surface area contributed by atoms with Crippen molar-refractivity contribution in [2.45, 2.75) is 39.2 Å². The second-order valence-corrected chi connectivity index (χ2v) is 4.17. The number of hydrogen-bond acceptors (Lipinski definition) is 2. The maximum Gasteiger partial charge on any atom is 0.303 e. The number of likely N-dealkylation sites (tertiary alicyclic amines) is 1. The zero-order valence-corrected chi connectivity index (χ0v) is 9.72. The van der Waals surface area contributed by atoms with Gasteiger partial charge in [-0.05, 0) is 45.7 Å². The quantitative estimate of drug-likeness (QED) is 0.793. The van der Waals surface area contributed by atoms with E-state index in [-0.39, 0.29) is 12.4 Å². The molecule has 1 heterocycles. The van der Waals surface area contributed by atoms with E-state index in [0.29, 0.717) is 18.4 Å². The summed E-state index contributed by atoms with van der Waals surface area (Å²) in [5.74, 6) is -0.240. The van der Waals surface area contributed by atoms with Crippen molar-refractivity contribution in [1.82, 2.24) is 4.90 Å². The van der Waals surface area contributed by atoms with E-state index in [4.69, 9.17) is 5.11 Å². The highest BCUT2D eigenvalue weighted by atomic mass is 35.5. The molecule has 1 aliphatic rings. The molecular weight excluding hydrogens is 202 g/mol. The molecule has 0 aromatic heterocycles. The van der Waals surface area contributed by atoms with E-state index >= 15 is 0 Å². The summed E-state index contributed by atoms with van der Waals surface area (Å²) in [6.45, 7) is 6.51. The van der Waals surface area contributed by atoms with Gasteiger partial charge in [0.25, 0.3) is 0 Å². The number of carboxylic acids is 1. The fraction of sp³-hybridized carbons (Fsp3) is 0.900. The van der Waals surface area contributed by atoms with Crippen LogP contribution in [0, 0.1) is 5.92 Å². The number of hydrogen-bond donors (Lipinski definition) is 1. The highest BCUT2D eigenvalue weighted by Crippen LogP contribution is 2.21. The molecule has 0 aliphatic carbocycles. The van der Waals surface area contributed by atoms with Gasteiger partial charge in [0.15, 0.2) is 0 Å². The molecule has 0 aromatic carbocycles. The Bertz CT molecular complexity index is 177. The average Bonchev–Trinajstić information content (AvgIpc) is 2.04. The van der Waals surface area contributed by atoms with E-state index in [0.717, 1.165) is 25.9 Å². The Hall–Kier alpha value is -0.280. The van der Waals surface area contributed by atoms with E-state index in [1.165, 1.54) is 0 Å². The summed E-state index contributed by atoms with van der Waals surface area (Å²) >= 11 is 0. The molecule has 0 aromatic rings. The molecule has 14 heavy (non-hydrogen) atoms. The normalized spacial score (nSPS) is 19.4. The summed E-state index contributed by atoms with van der Waals surface area (Å²) in [7, 11) is 0. The molecule has 3 nitrogen and oxygen atoms in total. The van der Waals surface area contributed by atoms with E-state index in [1.54, 1.807) is 0 Å². The first-order valence-electron chi connectivity index (χ1n) is 5.05. The van der Waals surface area contributed by atoms with Crippen LogP contribution in [0.25, 0.3) is 0 Å². The molecule has 1 N–H and O–H groups in total. The van der Waals surface area contributed by atoms with E-state index in [9.17, 15) is 4.79 Å². The van der Waals surface area contributed by atoms with Crippen molar-refractivity contribution in [1.29, 1.82) is 0 Å². The van der Waals surface area contributed by atoms with Gasteiger partial charge in [0.1, 0.15) is 0 Å². The standard InChI is InChI=1S/C10H19NO2.ClH/c1-8(2)11-5-3-9(4-6-11)7-10(12)13;/h8-9H,3-7H2,1-2H3,(H,12,13);1H. The zero-order valence-electron chi connectivity index (χ0n) is 8.90. The van der Waals surface area contributed by atoms with Crippen molar-refractivity contribution in [2.75, 3.05) is 13.1 Å². The lowest BCUT2D eigenvalue weighted by molar-refractivity contribution is -0.138. The number of carboxylic acid groups (broad SMARTS) is 1. The third-order valence-electron chi connectivity index (χ3n) is 2.84. The van der Waals surface area contributed by atoms with Crippen molar-refractivity contribution in [3.05, 3.63) is 0 Å². The van der Waals surface area contributed by atoms with Crippen LogP contribution in [0.4, 0.5) is 0 Å². The molecule has 84 valence electrons. The Balaban J connectivity index is 0.00000169. The van der Waals surface area contributed by atoms with Gasteiger partial charge in [-0.25, -0.2) is 0 Å². The molecule has 0 unspecified atom stereocenters. The molecule has 0 atom stereocenters. The molecular formula is C10H20ClNO2. The summed E-state index contributed by atoms with van der Waals surface area (Å²) < 4.78 is 0. The Morgan fingerprint density at radius 1 is 1.43 bits per heavy atom. The smallest absolute Gasteiger partial charge is 0.303 e. The van der Waals surface area contributed by atoms with Crippen LogP contribution in [0.5, 0.6) is 0 Å². The van der Waals surface area contributed by atoms with Crippen LogP contribution in [0.2, 0.25) is 0 Å². The second-order valence-electron chi connectivity index (χ2n) is 4.17. The van der Waals surface area contributed by atoms with Crippen LogP contribution in [0.3, 0.4) is 0 Å². The molecule has 1 fully saturated rings. The minimum atomic E-state index is -0.650. The van der Waals surface area contributed by atoms with Gasteiger partial charge >= 0.3 is 5.97 Å². The average molecular weight is 222 g/mol. The summed E-state index contributed by atoms with van der Waals surface area (Å²) in [5.41, 5.74) is 0. The number of nitrogens with zero attached hydrogens (tertiary/aromatic N) is 1. The summed E-state index contributed by atoms with van der Waals surface area (Å²) in [6.07, 6.45) is 2.45. The minimum Gasteiger partial charge on any atom is -0.481 e. The van der Waals surface area contributed by atoms with Gasteiger partial charge in [-0.1, -0.05) is 0 Å². The topological polar surface area (TPSA) is 40.5 Å². The van der Waals surface area contributed by atoms with Gasteiger partial charge in [-0.15, -0.1) is 12.4 Å². The zero-order chi connectivity index (χ0) is 9.84. The predicted octanol–water partition coefficient (Wildman–Crippen LogP) is 2.00. The van der Waals surface area contributed by atoms with Crippen molar-refractivity contribution < 1.29 is 9.90 Å². The fourth-order valence-electron chi connectivity index (χ4n) is 1.92. The van der Waals surface area contributed by atoms with E-state index < -0.39 is 5.97 Å². The van der Waals surface area contributed by atoms with Crippen LogP contribution in [0.15, 0.2) is 0 Å². The lowest BCUT2D eigenvalue weighted by Crippen LogP contribution is -2.38. The van der Waals surface area contributed by atoms with Gasteiger partial charge in [-0.2, -0.15) is 0 Å². The monoisotopic (exact) mass is 221 g/mol. The molecule has 4 heteroatoms. The molecule has 0 spiro atoms. The van der Waals surface area contributed by atoms with Gasteiger partial charge in [0.2, 0.25) is 0 Å². The van der Waals surface area contributed by atoms with Crippen LogP contribution in [-0.4, -0.2) is 35.1 Å². The number of halogens is 1. The van der Waals surface area contributed by atoms with Crippen molar-refractivity contribution in [3.8, 4) is 0 Å². The maximum atomic E-state index is 10.5. The first-order chi connectivity index (χ1) is 6.09. The van der Waals surface area contributed by atoms with Crippen molar-refractivity contribution in [3.63, 3.8) is 0 Å². The Morgan fingerprint density at radius 3 is 2.29 bits per heavy atom. The van der Waals surface area contributed by atoms with Crippen molar-refractivity contribution in [2.24, 2.45) is 5.92 Å².